The molecule has 2 N–H and O–H groups in total. The van der Waals surface area contributed by atoms with Crippen molar-refractivity contribution in [2.75, 3.05) is 23.0 Å². The first-order valence-electron chi connectivity index (χ1n) is 31.3. The molecular weight excluding hydrogens is 1200 g/mol. The van der Waals surface area contributed by atoms with E-state index >= 15 is 0 Å². The fourth-order valence-corrected chi connectivity index (χ4v) is 15.2. The maximum Gasteiger partial charge on any atom is 0.407 e. The lowest BCUT2D eigenvalue weighted by molar-refractivity contribution is -0.0369. The topological polar surface area (TPSA) is 243 Å². The zero-order chi connectivity index (χ0) is 62.7. The average Bonchev–Trinajstić information content (AvgIpc) is 1.60. The van der Waals surface area contributed by atoms with Gasteiger partial charge in [-0.05, 0) is 157 Å². The number of benzene rings is 2. The molecule has 0 aliphatic carbocycles. The van der Waals surface area contributed by atoms with E-state index in [1.165, 1.54) is 0 Å². The summed E-state index contributed by atoms with van der Waals surface area (Å²) in [6.45, 7) is 17.6. The van der Waals surface area contributed by atoms with Crippen LogP contribution in [0.5, 0.6) is 0 Å². The van der Waals surface area contributed by atoms with Gasteiger partial charge in [-0.2, -0.15) is 30.4 Å². The number of fused-ring (bicyclic) bond motifs is 8. The van der Waals surface area contributed by atoms with Gasteiger partial charge in [-0.25, -0.2) is 19.0 Å². The number of halogens is 3. The molecule has 12 heterocycles. The minimum Gasteiger partial charge on any atom is -0.444 e. The first kappa shape index (κ1) is 60.9. The maximum absolute atomic E-state index is 14.4. The van der Waals surface area contributed by atoms with Crippen molar-refractivity contribution in [1.29, 1.82) is 0 Å². The predicted molar refractivity (Wildman–Crippen MR) is 341 cm³/mol. The van der Waals surface area contributed by atoms with Gasteiger partial charge >= 0.3 is 12.2 Å². The van der Waals surface area contributed by atoms with E-state index in [1.807, 2.05) is 90.5 Å². The number of aromatic nitrogens is 12. The smallest absolute Gasteiger partial charge is 0.407 e. The highest BCUT2D eigenvalue weighted by atomic mass is 35.5. The number of ether oxygens (including phenoxy) is 4. The normalized spacial score (nSPS) is 23.5. The molecule has 6 fully saturated rings. The monoisotopic (exact) mass is 1280 g/mol. The Morgan fingerprint density at radius 3 is 1.54 bits per heavy atom. The number of nitrogens with one attached hydrogen (secondary N) is 2. The second kappa shape index (κ2) is 23.4. The van der Waals surface area contributed by atoms with Crippen LogP contribution in [0.1, 0.15) is 145 Å². The van der Waals surface area contributed by atoms with Gasteiger partial charge in [0.2, 0.25) is 11.9 Å². The standard InChI is InChI=1S/C31H38Cl2N8O4.C31H39ClN8O4/c1-6-39-26(33)22-18(36-39)12-11-17(24(22)32)25-23-27(41(37-25)21-9-7-8-14-44-21)35-29(38(5)28(23)42)40-16-10-13-20(40)19(15-16)34-30(43)45-31(2,3)4;1-6-38-16-19-20(35-38)12-11-18(25(19)32)26-24-27(40(36-26)23-9-7-8-14-43-23)34-29(37(5)28(24)41)39-17-10-13-22(39)21(15-17)33-30(42)44-31(2,3)4/h11-12,16,19-21H,6-10,13-15H2,1-5H3,(H,34,43);11-12,16-17,21-23H,6-10,13-15H2,1-5H3,(H,33,42)/t16-,19+,20+,21?;17-,21+,22+,23?/m00/s1. The summed E-state index contributed by atoms with van der Waals surface area (Å²) >= 11 is 20.7. The van der Waals surface area contributed by atoms with Gasteiger partial charge in [0.25, 0.3) is 11.1 Å². The molecule has 0 radical (unpaired) electrons. The number of rotatable bonds is 10. The molecule has 24 nitrogen and oxygen atoms in total. The Hall–Kier alpha value is -6.99. The lowest BCUT2D eigenvalue weighted by Crippen LogP contribution is -2.46. The fourth-order valence-electron chi connectivity index (χ4n) is 14.2. The summed E-state index contributed by atoms with van der Waals surface area (Å²) in [5.41, 5.74) is 2.92. The minimum absolute atomic E-state index is 0.00297. The summed E-state index contributed by atoms with van der Waals surface area (Å²) in [4.78, 5) is 68.7. The minimum atomic E-state index is -0.593. The van der Waals surface area contributed by atoms with Crippen molar-refractivity contribution >= 4 is 103 Å². The Bertz CT molecular complexity index is 4220. The van der Waals surface area contributed by atoms with Gasteiger partial charge in [0.1, 0.15) is 38.5 Å². The number of amides is 2. The zero-order valence-corrected chi connectivity index (χ0v) is 54.2. The van der Waals surface area contributed by atoms with Gasteiger partial charge in [0, 0.05) is 75.2 Å². The molecule has 14 rings (SSSR count). The fraction of sp³-hybridized carbons (Fsp3) is 0.581. The lowest BCUT2D eigenvalue weighted by atomic mass is 9.96. The summed E-state index contributed by atoms with van der Waals surface area (Å²) in [6, 6.07) is 7.51. The molecule has 4 bridgehead atoms. The van der Waals surface area contributed by atoms with Gasteiger partial charge < -0.3 is 39.4 Å². The maximum atomic E-state index is 14.4. The van der Waals surface area contributed by atoms with Crippen LogP contribution in [0.15, 0.2) is 40.1 Å². The number of anilines is 2. The van der Waals surface area contributed by atoms with Crippen molar-refractivity contribution < 1.29 is 28.5 Å². The predicted octanol–water partition coefficient (Wildman–Crippen LogP) is 11.0. The second-order valence-electron chi connectivity index (χ2n) is 26.3. The van der Waals surface area contributed by atoms with E-state index in [1.54, 1.807) is 37.3 Å². The Labute approximate surface area is 529 Å². The van der Waals surface area contributed by atoms with Crippen LogP contribution in [-0.2, 0) is 46.1 Å². The first-order chi connectivity index (χ1) is 42.5. The van der Waals surface area contributed by atoms with Crippen LogP contribution >= 0.6 is 34.8 Å². The number of carbonyl (C=O) groups excluding carboxylic acids is 2. The Kier molecular flexibility index (Phi) is 16.0. The average molecular weight is 1280 g/mol. The van der Waals surface area contributed by atoms with Crippen LogP contribution in [0.25, 0.3) is 66.4 Å². The molecule has 0 saturated carbocycles. The van der Waals surface area contributed by atoms with Gasteiger partial charge in [0.05, 0.1) is 50.6 Å². The Morgan fingerprint density at radius 1 is 0.607 bits per heavy atom. The van der Waals surface area contributed by atoms with Gasteiger partial charge in [0.15, 0.2) is 23.8 Å². The third-order valence-electron chi connectivity index (χ3n) is 18.2. The van der Waals surface area contributed by atoms with E-state index in [2.05, 4.69) is 30.6 Å². The Morgan fingerprint density at radius 2 is 1.09 bits per heavy atom. The van der Waals surface area contributed by atoms with E-state index in [0.717, 1.165) is 94.5 Å². The quantitative estimate of drug-likeness (QED) is 0.129. The molecule has 6 aromatic heterocycles. The molecule has 6 aliphatic heterocycles. The summed E-state index contributed by atoms with van der Waals surface area (Å²) in [7, 11) is 3.50. The number of hydrogen-bond donors (Lipinski definition) is 2. The zero-order valence-electron chi connectivity index (χ0n) is 52.0. The van der Waals surface area contributed by atoms with E-state index in [4.69, 9.17) is 73.9 Å². The SMILES string of the molecule is CCn1cc2c(Cl)c(-c3nn(C4CCCCO4)c4nc(N5[C@H]6CC[C@@H]5[C@H](NC(=O)OC(C)(C)C)C6)n(C)c(=O)c34)ccc2n1.CCn1nc2ccc(-c3nn(C4CCCCO4)c4nc(N5[C@H]6CC[C@@H]5[C@H](NC(=O)OC(C)(C)C)C6)n(C)c(=O)c34)c(Cl)c2c1Cl. The summed E-state index contributed by atoms with van der Waals surface area (Å²) in [5, 5.41) is 28.8. The molecule has 0 spiro atoms. The highest BCUT2D eigenvalue weighted by Crippen LogP contribution is 2.46. The third-order valence-corrected chi connectivity index (χ3v) is 19.4. The molecule has 2 aromatic carbocycles. The van der Waals surface area contributed by atoms with Crippen molar-refractivity contribution in [3.8, 4) is 22.5 Å². The van der Waals surface area contributed by atoms with Crippen LogP contribution in [-0.4, -0.2) is 131 Å². The number of carbonyl (C=O) groups is 2. The molecule has 27 heteroatoms. The van der Waals surface area contributed by atoms with Crippen LogP contribution in [0, 0.1) is 0 Å². The molecule has 2 unspecified atom stereocenters. The van der Waals surface area contributed by atoms with Gasteiger partial charge in [-0.1, -0.05) is 34.8 Å². The molecule has 2 amide bonds. The highest BCUT2D eigenvalue weighted by Gasteiger charge is 2.51. The number of alkyl carbamates (subject to hydrolysis) is 2. The van der Waals surface area contributed by atoms with Crippen molar-refractivity contribution in [2.45, 2.75) is 205 Å². The largest absolute Gasteiger partial charge is 0.444 e. The number of aryl methyl sites for hydroxylation is 2. The van der Waals surface area contributed by atoms with E-state index in [0.29, 0.717) is 102 Å². The molecule has 6 saturated heterocycles. The molecule has 474 valence electrons. The second-order valence-corrected chi connectivity index (χ2v) is 27.5. The van der Waals surface area contributed by atoms with Crippen LogP contribution in [0.4, 0.5) is 21.5 Å². The highest BCUT2D eigenvalue weighted by molar-refractivity contribution is 6.43. The Balaban J connectivity index is 0.000000164. The molecule has 89 heavy (non-hydrogen) atoms. The third kappa shape index (κ3) is 10.9. The lowest BCUT2D eigenvalue weighted by Gasteiger charge is -2.28. The summed E-state index contributed by atoms with van der Waals surface area (Å²) in [5.74, 6) is 1.11. The molecule has 6 aliphatic rings. The van der Waals surface area contributed by atoms with Crippen LogP contribution in [0.3, 0.4) is 0 Å². The van der Waals surface area contributed by atoms with Crippen LogP contribution < -0.4 is 31.6 Å². The van der Waals surface area contributed by atoms with E-state index < -0.39 is 23.4 Å². The van der Waals surface area contributed by atoms with E-state index in [9.17, 15) is 19.2 Å². The van der Waals surface area contributed by atoms with Crippen molar-refractivity contribution in [3.63, 3.8) is 0 Å². The first-order valence-corrected chi connectivity index (χ1v) is 32.4. The van der Waals surface area contributed by atoms with Crippen molar-refractivity contribution in [3.05, 3.63) is 66.4 Å². The van der Waals surface area contributed by atoms with E-state index in [-0.39, 0.29) is 59.8 Å². The van der Waals surface area contributed by atoms with Crippen molar-refractivity contribution in [1.82, 2.24) is 68.9 Å². The number of hydrogen-bond acceptors (Lipinski definition) is 16. The van der Waals surface area contributed by atoms with Crippen molar-refractivity contribution in [2.24, 2.45) is 14.1 Å². The van der Waals surface area contributed by atoms with Gasteiger partial charge in [-0.15, -0.1) is 0 Å². The molecular formula is C62H77Cl3N16O8. The van der Waals surface area contributed by atoms with Crippen LogP contribution in [0.2, 0.25) is 15.2 Å². The molecule has 8 aromatic rings. The number of nitrogens with zero attached hydrogens (tertiary/aromatic N) is 14. The summed E-state index contributed by atoms with van der Waals surface area (Å²) < 4.78 is 33.7. The summed E-state index contributed by atoms with van der Waals surface area (Å²) in [6.07, 6.45) is 11.0. The van der Waals surface area contributed by atoms with Gasteiger partial charge in [-0.3, -0.25) is 28.1 Å². The molecule has 8 atom stereocenters.